The van der Waals surface area contributed by atoms with Gasteiger partial charge in [-0.25, -0.2) is 4.79 Å². The summed E-state index contributed by atoms with van der Waals surface area (Å²) in [6, 6.07) is 7.29. The highest BCUT2D eigenvalue weighted by Gasteiger charge is 2.07. The molecule has 3 N–H and O–H groups in total. The number of aliphatic hydroxyl groups is 1. The third kappa shape index (κ3) is 7.85. The summed E-state index contributed by atoms with van der Waals surface area (Å²) < 4.78 is 10.5. The number of amides is 1. The first-order chi connectivity index (χ1) is 10.5. The van der Waals surface area contributed by atoms with Crippen molar-refractivity contribution in [2.45, 2.75) is 39.3 Å². The fourth-order valence-electron chi connectivity index (χ4n) is 1.64. The molecule has 1 aromatic rings. The summed E-state index contributed by atoms with van der Waals surface area (Å²) in [6.07, 6.45) is -0.299. The molecule has 6 nitrogen and oxygen atoms in total. The fourth-order valence-corrected chi connectivity index (χ4v) is 1.64. The van der Waals surface area contributed by atoms with Crippen molar-refractivity contribution in [3.63, 3.8) is 0 Å². The number of ether oxygens (including phenoxy) is 2. The highest BCUT2D eigenvalue weighted by Crippen LogP contribution is 2.17. The molecule has 6 heteroatoms. The molecule has 0 saturated heterocycles. The van der Waals surface area contributed by atoms with Crippen LogP contribution in [0.4, 0.5) is 10.5 Å². The van der Waals surface area contributed by atoms with E-state index in [4.69, 9.17) is 9.47 Å². The molecule has 0 saturated carbocycles. The summed E-state index contributed by atoms with van der Waals surface area (Å²) in [6.45, 7) is 7.00. The molecule has 0 spiro atoms. The van der Waals surface area contributed by atoms with Gasteiger partial charge in [0.25, 0.3) is 0 Å². The molecule has 0 radical (unpaired) electrons. The van der Waals surface area contributed by atoms with Crippen LogP contribution in [0, 0.1) is 0 Å². The van der Waals surface area contributed by atoms with Gasteiger partial charge in [0.15, 0.2) is 0 Å². The Morgan fingerprint density at radius 1 is 1.36 bits per heavy atom. The molecule has 22 heavy (non-hydrogen) atoms. The average Bonchev–Trinajstić information content (AvgIpc) is 2.49. The minimum atomic E-state index is -0.589. The largest absolute Gasteiger partial charge is 0.491 e. The van der Waals surface area contributed by atoms with Crippen LogP contribution in [0.15, 0.2) is 24.3 Å². The van der Waals surface area contributed by atoms with Crippen LogP contribution in [-0.4, -0.2) is 43.1 Å². The van der Waals surface area contributed by atoms with Gasteiger partial charge in [0, 0.05) is 24.3 Å². The van der Waals surface area contributed by atoms with E-state index in [1.54, 1.807) is 24.3 Å². The third-order valence-corrected chi connectivity index (χ3v) is 2.72. The number of carbonyl (C=O) groups is 1. The Morgan fingerprint density at radius 3 is 2.82 bits per heavy atom. The summed E-state index contributed by atoms with van der Waals surface area (Å²) in [7, 11) is 0. The van der Waals surface area contributed by atoms with E-state index < -0.39 is 12.2 Å². The Hall–Kier alpha value is -1.79. The van der Waals surface area contributed by atoms with E-state index in [-0.39, 0.29) is 6.61 Å². The van der Waals surface area contributed by atoms with Crippen molar-refractivity contribution in [2.75, 3.05) is 25.1 Å². The van der Waals surface area contributed by atoms with Gasteiger partial charge in [-0.05, 0) is 18.6 Å². The second-order valence-corrected chi connectivity index (χ2v) is 5.32. The molecular formula is C16H26N2O4. The van der Waals surface area contributed by atoms with E-state index in [1.165, 1.54) is 0 Å². The standard InChI is InChI=1S/C16H26N2O4/c1-4-8-21-16(20)18-13-6-5-7-15(9-13)22-11-14(19)10-17-12(2)3/h5-7,9,12,14,17,19H,4,8,10-11H2,1-3H3,(H,18,20). The molecule has 1 unspecified atom stereocenters. The summed E-state index contributed by atoms with van der Waals surface area (Å²) in [5.74, 6) is 0.580. The lowest BCUT2D eigenvalue weighted by Crippen LogP contribution is -2.35. The van der Waals surface area contributed by atoms with Crippen LogP contribution >= 0.6 is 0 Å². The van der Waals surface area contributed by atoms with E-state index >= 15 is 0 Å². The molecule has 0 heterocycles. The molecule has 124 valence electrons. The fraction of sp³-hybridized carbons (Fsp3) is 0.562. The highest BCUT2D eigenvalue weighted by atomic mass is 16.5. The lowest BCUT2D eigenvalue weighted by Gasteiger charge is -2.15. The van der Waals surface area contributed by atoms with Crippen LogP contribution < -0.4 is 15.4 Å². The van der Waals surface area contributed by atoms with E-state index in [9.17, 15) is 9.90 Å². The Kier molecular flexibility index (Phi) is 8.32. The number of benzene rings is 1. The Morgan fingerprint density at radius 2 is 2.14 bits per heavy atom. The van der Waals surface area contributed by atoms with Crippen molar-refractivity contribution in [3.8, 4) is 5.75 Å². The monoisotopic (exact) mass is 310 g/mol. The first-order valence-corrected chi connectivity index (χ1v) is 7.59. The molecule has 0 aliphatic rings. The first-order valence-electron chi connectivity index (χ1n) is 7.59. The maximum atomic E-state index is 11.5. The van der Waals surface area contributed by atoms with Crippen LogP contribution in [-0.2, 0) is 4.74 Å². The van der Waals surface area contributed by atoms with Gasteiger partial charge < -0.3 is 19.9 Å². The Labute approximate surface area is 131 Å². The van der Waals surface area contributed by atoms with E-state index in [0.717, 1.165) is 6.42 Å². The van der Waals surface area contributed by atoms with Crippen molar-refractivity contribution in [1.82, 2.24) is 5.32 Å². The van der Waals surface area contributed by atoms with Gasteiger partial charge in [-0.3, -0.25) is 5.32 Å². The number of nitrogens with one attached hydrogen (secondary N) is 2. The second-order valence-electron chi connectivity index (χ2n) is 5.32. The van der Waals surface area contributed by atoms with E-state index in [0.29, 0.717) is 30.6 Å². The van der Waals surface area contributed by atoms with Crippen LogP contribution in [0.1, 0.15) is 27.2 Å². The highest BCUT2D eigenvalue weighted by molar-refractivity contribution is 5.84. The summed E-state index contributed by atoms with van der Waals surface area (Å²) >= 11 is 0. The van der Waals surface area contributed by atoms with Crippen LogP contribution in [0.5, 0.6) is 5.75 Å². The first kappa shape index (κ1) is 18.3. The number of carbonyl (C=O) groups excluding carboxylic acids is 1. The van der Waals surface area contributed by atoms with E-state index in [1.807, 2.05) is 20.8 Å². The van der Waals surface area contributed by atoms with Gasteiger partial charge >= 0.3 is 6.09 Å². The molecule has 1 rings (SSSR count). The third-order valence-electron chi connectivity index (χ3n) is 2.72. The lowest BCUT2D eigenvalue weighted by atomic mass is 10.3. The van der Waals surface area contributed by atoms with Crippen molar-refractivity contribution in [2.24, 2.45) is 0 Å². The topological polar surface area (TPSA) is 79.8 Å². The predicted octanol–water partition coefficient (Wildman–Crippen LogP) is 2.38. The minimum Gasteiger partial charge on any atom is -0.491 e. The van der Waals surface area contributed by atoms with Crippen LogP contribution in [0.3, 0.4) is 0 Å². The lowest BCUT2D eigenvalue weighted by molar-refractivity contribution is 0.104. The van der Waals surface area contributed by atoms with Crippen molar-refractivity contribution in [1.29, 1.82) is 0 Å². The number of anilines is 1. The Balaban J connectivity index is 2.42. The molecule has 0 aromatic heterocycles. The summed E-state index contributed by atoms with van der Waals surface area (Å²) in [5.41, 5.74) is 0.591. The number of hydrogen-bond donors (Lipinski definition) is 3. The zero-order chi connectivity index (χ0) is 16.4. The van der Waals surface area contributed by atoms with Crippen molar-refractivity contribution >= 4 is 11.8 Å². The summed E-state index contributed by atoms with van der Waals surface area (Å²) in [5, 5.41) is 15.6. The van der Waals surface area contributed by atoms with Crippen molar-refractivity contribution < 1.29 is 19.4 Å². The number of hydrogen-bond acceptors (Lipinski definition) is 5. The van der Waals surface area contributed by atoms with Crippen LogP contribution in [0.2, 0.25) is 0 Å². The number of rotatable bonds is 9. The Bertz CT molecular complexity index is 452. The zero-order valence-corrected chi connectivity index (χ0v) is 13.5. The maximum absolute atomic E-state index is 11.5. The SMILES string of the molecule is CCCOC(=O)Nc1cccc(OCC(O)CNC(C)C)c1. The van der Waals surface area contributed by atoms with Crippen LogP contribution in [0.25, 0.3) is 0 Å². The van der Waals surface area contributed by atoms with Gasteiger partial charge in [-0.1, -0.05) is 26.8 Å². The molecule has 0 fully saturated rings. The van der Waals surface area contributed by atoms with Gasteiger partial charge in [0.2, 0.25) is 0 Å². The maximum Gasteiger partial charge on any atom is 0.411 e. The molecule has 1 atom stereocenters. The summed E-state index contributed by atoms with van der Waals surface area (Å²) in [4.78, 5) is 11.5. The molecule has 0 bridgehead atoms. The van der Waals surface area contributed by atoms with Gasteiger partial charge in [-0.15, -0.1) is 0 Å². The molecule has 0 aliphatic heterocycles. The van der Waals surface area contributed by atoms with Gasteiger partial charge in [-0.2, -0.15) is 0 Å². The smallest absolute Gasteiger partial charge is 0.411 e. The van der Waals surface area contributed by atoms with Gasteiger partial charge in [0.05, 0.1) is 6.61 Å². The van der Waals surface area contributed by atoms with Gasteiger partial charge in [0.1, 0.15) is 18.5 Å². The predicted molar refractivity (Wildman–Crippen MR) is 86.3 cm³/mol. The molecular weight excluding hydrogens is 284 g/mol. The quantitative estimate of drug-likeness (QED) is 0.652. The minimum absolute atomic E-state index is 0.184. The average molecular weight is 310 g/mol. The molecule has 1 amide bonds. The zero-order valence-electron chi connectivity index (χ0n) is 13.5. The van der Waals surface area contributed by atoms with Crippen molar-refractivity contribution in [3.05, 3.63) is 24.3 Å². The second kappa shape index (κ2) is 10.0. The molecule has 1 aromatic carbocycles. The van der Waals surface area contributed by atoms with E-state index in [2.05, 4.69) is 10.6 Å². The molecule has 0 aliphatic carbocycles. The normalized spacial score (nSPS) is 12.0. The number of aliphatic hydroxyl groups excluding tert-OH is 1.